The quantitative estimate of drug-likeness (QED) is 0.871. The fraction of sp³-hybridized carbons (Fsp3) is 0.500. The lowest BCUT2D eigenvalue weighted by molar-refractivity contribution is 0.0137. The topological polar surface area (TPSA) is 24.5 Å². The molecule has 1 fully saturated rings. The van der Waals surface area contributed by atoms with Gasteiger partial charge in [0, 0.05) is 5.39 Å². The summed E-state index contributed by atoms with van der Waals surface area (Å²) in [6.07, 6.45) is 3.92. The third kappa shape index (κ3) is 3.67. The highest BCUT2D eigenvalue weighted by Crippen LogP contribution is 2.27. The maximum atomic E-state index is 6.29. The molecule has 0 spiro atoms. The first-order chi connectivity index (χ1) is 11.2. The van der Waals surface area contributed by atoms with E-state index in [2.05, 4.69) is 66.5 Å². The van der Waals surface area contributed by atoms with Gasteiger partial charge in [-0.1, -0.05) is 49.7 Å². The standard InChI is InChI=1S/C20H28N2O/c1-3-21-20(2,22-14-7-4-8-15-22)16-23-19-13-9-11-17-10-5-6-12-18(17)19/h5-6,9-13,21H,3-4,7-8,14-16H2,1-2H3. The summed E-state index contributed by atoms with van der Waals surface area (Å²) in [5, 5.41) is 6.07. The predicted octanol–water partition coefficient (Wildman–Crippen LogP) is 4.03. The van der Waals surface area contributed by atoms with Crippen molar-refractivity contribution in [2.24, 2.45) is 0 Å². The molecule has 23 heavy (non-hydrogen) atoms. The summed E-state index contributed by atoms with van der Waals surface area (Å²) in [7, 11) is 0. The Morgan fingerprint density at radius 3 is 2.57 bits per heavy atom. The number of likely N-dealkylation sites (N-methyl/N-ethyl adjacent to an activating group) is 1. The smallest absolute Gasteiger partial charge is 0.127 e. The molecule has 3 nitrogen and oxygen atoms in total. The zero-order valence-electron chi connectivity index (χ0n) is 14.3. The first-order valence-corrected chi connectivity index (χ1v) is 8.83. The van der Waals surface area contributed by atoms with Crippen LogP contribution in [0.5, 0.6) is 5.75 Å². The largest absolute Gasteiger partial charge is 0.490 e. The number of piperidine rings is 1. The van der Waals surface area contributed by atoms with Crippen LogP contribution >= 0.6 is 0 Å². The Kier molecular flexibility index (Phi) is 5.19. The average molecular weight is 312 g/mol. The molecule has 1 N–H and O–H groups in total. The van der Waals surface area contributed by atoms with E-state index in [1.54, 1.807) is 0 Å². The van der Waals surface area contributed by atoms with E-state index in [-0.39, 0.29) is 5.66 Å². The van der Waals surface area contributed by atoms with Crippen LogP contribution in [0.25, 0.3) is 10.8 Å². The third-order valence-corrected chi connectivity index (χ3v) is 4.87. The lowest BCUT2D eigenvalue weighted by atomic mass is 10.0. The van der Waals surface area contributed by atoms with Crippen molar-refractivity contribution in [3.63, 3.8) is 0 Å². The molecule has 3 heteroatoms. The summed E-state index contributed by atoms with van der Waals surface area (Å²) in [5.74, 6) is 0.976. The summed E-state index contributed by atoms with van der Waals surface area (Å²) < 4.78 is 6.29. The van der Waals surface area contributed by atoms with E-state index in [1.807, 2.05) is 0 Å². The molecule has 0 aliphatic carbocycles. The van der Waals surface area contributed by atoms with Gasteiger partial charge in [0.25, 0.3) is 0 Å². The van der Waals surface area contributed by atoms with Gasteiger partial charge >= 0.3 is 0 Å². The Hall–Kier alpha value is -1.58. The van der Waals surface area contributed by atoms with E-state index in [1.165, 1.54) is 30.0 Å². The summed E-state index contributed by atoms with van der Waals surface area (Å²) >= 11 is 0. The molecular formula is C20H28N2O. The summed E-state index contributed by atoms with van der Waals surface area (Å²) in [5.41, 5.74) is -0.105. The average Bonchev–Trinajstić information content (AvgIpc) is 2.61. The minimum absolute atomic E-state index is 0.105. The first kappa shape index (κ1) is 16.3. The minimum atomic E-state index is -0.105. The van der Waals surface area contributed by atoms with Crippen LogP contribution in [-0.4, -0.2) is 36.8 Å². The van der Waals surface area contributed by atoms with E-state index < -0.39 is 0 Å². The van der Waals surface area contributed by atoms with Crippen molar-refractivity contribution in [2.45, 2.75) is 38.8 Å². The van der Waals surface area contributed by atoms with Gasteiger partial charge < -0.3 is 4.74 Å². The Morgan fingerprint density at radius 1 is 1.04 bits per heavy atom. The van der Waals surface area contributed by atoms with Crippen molar-refractivity contribution in [1.82, 2.24) is 10.2 Å². The summed E-state index contributed by atoms with van der Waals surface area (Å²) in [6, 6.07) is 14.7. The van der Waals surface area contributed by atoms with E-state index in [0.717, 1.165) is 25.4 Å². The van der Waals surface area contributed by atoms with Crippen molar-refractivity contribution in [2.75, 3.05) is 26.2 Å². The van der Waals surface area contributed by atoms with E-state index in [9.17, 15) is 0 Å². The Morgan fingerprint density at radius 2 is 1.78 bits per heavy atom. The van der Waals surface area contributed by atoms with Crippen molar-refractivity contribution in [3.8, 4) is 5.75 Å². The zero-order valence-corrected chi connectivity index (χ0v) is 14.3. The highest BCUT2D eigenvalue weighted by molar-refractivity contribution is 5.88. The maximum Gasteiger partial charge on any atom is 0.127 e. The fourth-order valence-electron chi connectivity index (χ4n) is 3.56. The molecule has 1 aliphatic heterocycles. The number of fused-ring (bicyclic) bond motifs is 1. The first-order valence-electron chi connectivity index (χ1n) is 8.83. The number of hydrogen-bond acceptors (Lipinski definition) is 3. The highest BCUT2D eigenvalue weighted by atomic mass is 16.5. The van der Waals surface area contributed by atoms with Crippen LogP contribution < -0.4 is 10.1 Å². The molecule has 124 valence electrons. The van der Waals surface area contributed by atoms with Gasteiger partial charge in [-0.3, -0.25) is 10.2 Å². The third-order valence-electron chi connectivity index (χ3n) is 4.87. The number of ether oxygens (including phenoxy) is 1. The van der Waals surface area contributed by atoms with Gasteiger partial charge in [0.2, 0.25) is 0 Å². The van der Waals surface area contributed by atoms with Crippen LogP contribution in [0.2, 0.25) is 0 Å². The molecular weight excluding hydrogens is 284 g/mol. The van der Waals surface area contributed by atoms with Gasteiger partial charge in [0.15, 0.2) is 0 Å². The lowest BCUT2D eigenvalue weighted by Gasteiger charge is -2.43. The SMILES string of the molecule is CCNC(C)(COc1cccc2ccccc12)N1CCCCC1. The number of nitrogens with zero attached hydrogens (tertiary/aromatic N) is 1. The second-order valence-corrected chi connectivity index (χ2v) is 6.62. The van der Waals surface area contributed by atoms with E-state index in [0.29, 0.717) is 6.61 Å². The number of hydrogen-bond donors (Lipinski definition) is 1. The molecule has 1 aliphatic rings. The van der Waals surface area contributed by atoms with Crippen molar-refractivity contribution < 1.29 is 4.74 Å². The predicted molar refractivity (Wildman–Crippen MR) is 96.9 cm³/mol. The second-order valence-electron chi connectivity index (χ2n) is 6.62. The molecule has 0 amide bonds. The van der Waals surface area contributed by atoms with Crippen LogP contribution in [0.3, 0.4) is 0 Å². The van der Waals surface area contributed by atoms with Crippen molar-refractivity contribution in [1.29, 1.82) is 0 Å². The molecule has 0 bridgehead atoms. The molecule has 1 saturated heterocycles. The number of benzene rings is 2. The molecule has 0 radical (unpaired) electrons. The lowest BCUT2D eigenvalue weighted by Crippen LogP contribution is -2.61. The Balaban J connectivity index is 1.77. The van der Waals surface area contributed by atoms with E-state index in [4.69, 9.17) is 4.74 Å². The van der Waals surface area contributed by atoms with Gasteiger partial charge in [0.05, 0.1) is 0 Å². The monoisotopic (exact) mass is 312 g/mol. The fourth-order valence-corrected chi connectivity index (χ4v) is 3.56. The highest BCUT2D eigenvalue weighted by Gasteiger charge is 2.32. The number of likely N-dealkylation sites (tertiary alicyclic amines) is 1. The Bertz CT molecular complexity index is 631. The summed E-state index contributed by atoms with van der Waals surface area (Å²) in [4.78, 5) is 2.55. The molecule has 2 aromatic carbocycles. The molecule has 0 saturated carbocycles. The van der Waals surface area contributed by atoms with E-state index >= 15 is 0 Å². The normalized spacial score (nSPS) is 18.7. The van der Waals surface area contributed by atoms with Gasteiger partial charge in [-0.25, -0.2) is 0 Å². The number of nitrogens with one attached hydrogen (secondary N) is 1. The van der Waals surface area contributed by atoms with Crippen molar-refractivity contribution >= 4 is 10.8 Å². The van der Waals surface area contributed by atoms with Crippen LogP contribution in [0, 0.1) is 0 Å². The van der Waals surface area contributed by atoms with Gasteiger partial charge in [-0.2, -0.15) is 0 Å². The molecule has 2 aromatic rings. The molecule has 1 atom stereocenters. The zero-order chi connectivity index (χ0) is 16.1. The Labute approximate surface area is 139 Å². The van der Waals surface area contributed by atoms with Gasteiger partial charge in [-0.05, 0) is 50.9 Å². The molecule has 3 rings (SSSR count). The summed E-state index contributed by atoms with van der Waals surface area (Å²) in [6.45, 7) is 8.36. The minimum Gasteiger partial charge on any atom is -0.490 e. The van der Waals surface area contributed by atoms with Crippen LogP contribution in [0.15, 0.2) is 42.5 Å². The molecule has 0 aromatic heterocycles. The van der Waals surface area contributed by atoms with Crippen LogP contribution in [-0.2, 0) is 0 Å². The van der Waals surface area contributed by atoms with Gasteiger partial charge in [0.1, 0.15) is 18.0 Å². The second kappa shape index (κ2) is 7.33. The number of rotatable bonds is 6. The van der Waals surface area contributed by atoms with Crippen LogP contribution in [0.1, 0.15) is 33.1 Å². The van der Waals surface area contributed by atoms with Crippen LogP contribution in [0.4, 0.5) is 0 Å². The maximum absolute atomic E-state index is 6.29. The molecule has 1 unspecified atom stereocenters. The van der Waals surface area contributed by atoms with Gasteiger partial charge in [-0.15, -0.1) is 0 Å². The molecule has 1 heterocycles. The van der Waals surface area contributed by atoms with Crippen molar-refractivity contribution in [3.05, 3.63) is 42.5 Å².